The summed E-state index contributed by atoms with van der Waals surface area (Å²) in [5, 5.41) is 7.81. The Hall–Kier alpha value is -4.06. The minimum Gasteiger partial charge on any atom is -0.292 e. The van der Waals surface area contributed by atoms with Crippen LogP contribution >= 0.6 is 0 Å². The Balaban J connectivity index is 1.48. The average molecular weight is 421 g/mol. The summed E-state index contributed by atoms with van der Waals surface area (Å²) in [5.41, 5.74) is 1.07. The molecule has 3 aliphatic heterocycles. The molecule has 6 heteroatoms. The van der Waals surface area contributed by atoms with Gasteiger partial charge in [-0.25, -0.2) is 4.90 Å². The van der Waals surface area contributed by atoms with Crippen molar-refractivity contribution >= 4 is 40.3 Å². The number of carbonyl (C=O) groups is 3. The number of amides is 2. The molecule has 3 heterocycles. The van der Waals surface area contributed by atoms with Crippen LogP contribution in [-0.2, 0) is 9.59 Å². The van der Waals surface area contributed by atoms with Gasteiger partial charge in [-0.1, -0.05) is 72.8 Å². The van der Waals surface area contributed by atoms with E-state index in [4.69, 9.17) is 0 Å². The number of imide groups is 1. The zero-order valence-electron chi connectivity index (χ0n) is 17.0. The number of hydrazone groups is 1. The molecule has 0 aromatic heterocycles. The summed E-state index contributed by atoms with van der Waals surface area (Å²) in [6.07, 6.45) is 5.23. The van der Waals surface area contributed by atoms with Crippen molar-refractivity contribution in [3.05, 3.63) is 90.5 Å². The molecule has 0 unspecified atom stereocenters. The van der Waals surface area contributed by atoms with E-state index in [-0.39, 0.29) is 17.6 Å². The number of nitrogens with zero attached hydrogens (tertiary/aromatic N) is 3. The third kappa shape index (κ3) is 2.52. The van der Waals surface area contributed by atoms with Crippen LogP contribution in [0.25, 0.3) is 10.8 Å². The maximum absolute atomic E-state index is 13.8. The van der Waals surface area contributed by atoms with Crippen LogP contribution in [0.1, 0.15) is 10.4 Å². The van der Waals surface area contributed by atoms with E-state index in [9.17, 15) is 14.4 Å². The van der Waals surface area contributed by atoms with Crippen molar-refractivity contribution in [2.75, 3.05) is 4.90 Å². The number of hydrogen-bond donors (Lipinski definition) is 0. The van der Waals surface area contributed by atoms with Crippen LogP contribution in [0, 0.1) is 11.8 Å². The summed E-state index contributed by atoms with van der Waals surface area (Å²) < 4.78 is 0. The fourth-order valence-corrected chi connectivity index (χ4v) is 5.25. The fourth-order valence-electron chi connectivity index (χ4n) is 5.25. The quantitative estimate of drug-likeness (QED) is 0.480. The Bertz CT molecular complexity index is 1330. The Morgan fingerprint density at radius 3 is 2.38 bits per heavy atom. The molecule has 3 aromatic rings. The van der Waals surface area contributed by atoms with Crippen LogP contribution in [0.2, 0.25) is 0 Å². The minimum atomic E-state index is -0.829. The molecule has 3 aromatic carbocycles. The first-order valence-corrected chi connectivity index (χ1v) is 10.6. The molecular weight excluding hydrogens is 402 g/mol. The van der Waals surface area contributed by atoms with Crippen molar-refractivity contribution in [1.29, 1.82) is 0 Å². The standard InChI is InChI=1S/C26H19N3O3/c30-24(17-9-2-1-3-10-17)23-22-21(20-14-7-15-27-29(20)23)25(31)28(26(22)32)19-13-6-11-16-8-4-5-12-18(16)19/h1-15,20-23H/t20-,21+,22+,23-/m1/s1. The van der Waals surface area contributed by atoms with Gasteiger partial charge in [-0.05, 0) is 17.5 Å². The highest BCUT2D eigenvalue weighted by Crippen LogP contribution is 2.47. The van der Waals surface area contributed by atoms with Crippen LogP contribution < -0.4 is 4.90 Å². The van der Waals surface area contributed by atoms with Crippen molar-refractivity contribution in [3.63, 3.8) is 0 Å². The highest BCUT2D eigenvalue weighted by Gasteiger charge is 2.64. The molecule has 0 N–H and O–H groups in total. The summed E-state index contributed by atoms with van der Waals surface area (Å²) in [4.78, 5) is 42.3. The number of fused-ring (bicyclic) bond motifs is 4. The SMILES string of the molecule is O=C(c1ccccc1)[C@H]1[C@H]2C(=O)N(c3cccc4ccccc34)C(=O)[C@H]2[C@H]2C=CC=NN21. The van der Waals surface area contributed by atoms with E-state index < -0.39 is 23.9 Å². The Morgan fingerprint density at radius 1 is 0.812 bits per heavy atom. The van der Waals surface area contributed by atoms with Gasteiger partial charge in [-0.2, -0.15) is 5.10 Å². The minimum absolute atomic E-state index is 0.198. The zero-order valence-corrected chi connectivity index (χ0v) is 17.0. The molecule has 0 radical (unpaired) electrons. The number of hydrogen-bond acceptors (Lipinski definition) is 5. The summed E-state index contributed by atoms with van der Waals surface area (Å²) in [6, 6.07) is 20.9. The third-order valence-corrected chi connectivity index (χ3v) is 6.63. The highest BCUT2D eigenvalue weighted by molar-refractivity contribution is 6.27. The lowest BCUT2D eigenvalue weighted by Crippen LogP contribution is -2.46. The summed E-state index contributed by atoms with van der Waals surface area (Å²) in [5.74, 6) is -2.27. The van der Waals surface area contributed by atoms with E-state index in [1.165, 1.54) is 4.90 Å². The Labute approximate surface area is 184 Å². The fraction of sp³-hybridized carbons (Fsp3) is 0.154. The largest absolute Gasteiger partial charge is 0.292 e. The second kappa shape index (κ2) is 6.99. The van der Waals surface area contributed by atoms with Gasteiger partial charge in [-0.3, -0.25) is 19.4 Å². The molecule has 0 aliphatic carbocycles. The van der Waals surface area contributed by atoms with Gasteiger partial charge in [0.25, 0.3) is 0 Å². The first-order chi connectivity index (χ1) is 15.7. The molecule has 6 rings (SSSR count). The number of carbonyl (C=O) groups excluding carboxylic acids is 3. The van der Waals surface area contributed by atoms with E-state index in [0.29, 0.717) is 11.3 Å². The second-order valence-electron chi connectivity index (χ2n) is 8.26. The molecule has 0 bridgehead atoms. The molecule has 4 atom stereocenters. The van der Waals surface area contributed by atoms with Gasteiger partial charge in [0.2, 0.25) is 11.8 Å². The lowest BCUT2D eigenvalue weighted by atomic mass is 9.86. The van der Waals surface area contributed by atoms with E-state index in [0.717, 1.165) is 10.8 Å². The monoisotopic (exact) mass is 421 g/mol. The Morgan fingerprint density at radius 2 is 1.53 bits per heavy atom. The summed E-state index contributed by atoms with van der Waals surface area (Å²) >= 11 is 0. The van der Waals surface area contributed by atoms with Crippen molar-refractivity contribution in [2.24, 2.45) is 16.9 Å². The van der Waals surface area contributed by atoms with E-state index >= 15 is 0 Å². The van der Waals surface area contributed by atoms with Gasteiger partial charge in [0.05, 0.1) is 23.6 Å². The molecule has 2 fully saturated rings. The third-order valence-electron chi connectivity index (χ3n) is 6.63. The van der Waals surface area contributed by atoms with Gasteiger partial charge >= 0.3 is 0 Å². The van der Waals surface area contributed by atoms with Crippen LogP contribution in [-0.4, -0.2) is 40.9 Å². The molecule has 0 spiro atoms. The van der Waals surface area contributed by atoms with Crippen molar-refractivity contribution < 1.29 is 14.4 Å². The lowest BCUT2D eigenvalue weighted by Gasteiger charge is -2.30. The van der Waals surface area contributed by atoms with Gasteiger partial charge in [-0.15, -0.1) is 0 Å². The normalized spacial score (nSPS) is 26.0. The Kier molecular flexibility index (Phi) is 4.08. The highest BCUT2D eigenvalue weighted by atomic mass is 16.2. The zero-order chi connectivity index (χ0) is 21.8. The average Bonchev–Trinajstić information content (AvgIpc) is 3.31. The van der Waals surface area contributed by atoms with Crippen molar-refractivity contribution in [1.82, 2.24) is 5.01 Å². The predicted molar refractivity (Wildman–Crippen MR) is 121 cm³/mol. The summed E-state index contributed by atoms with van der Waals surface area (Å²) in [7, 11) is 0. The first-order valence-electron chi connectivity index (χ1n) is 10.6. The van der Waals surface area contributed by atoms with Gasteiger partial charge in [0, 0.05) is 17.2 Å². The molecule has 156 valence electrons. The lowest BCUT2D eigenvalue weighted by molar-refractivity contribution is -0.123. The first kappa shape index (κ1) is 18.7. The number of rotatable bonds is 3. The van der Waals surface area contributed by atoms with E-state index in [1.807, 2.05) is 48.5 Å². The number of benzene rings is 3. The predicted octanol–water partition coefficient (Wildman–Crippen LogP) is 3.44. The van der Waals surface area contributed by atoms with Crippen LogP contribution in [0.5, 0.6) is 0 Å². The van der Waals surface area contributed by atoms with Gasteiger partial charge < -0.3 is 0 Å². The topological polar surface area (TPSA) is 70.0 Å². The molecular formula is C26H19N3O3. The van der Waals surface area contributed by atoms with E-state index in [1.54, 1.807) is 47.6 Å². The molecule has 2 amide bonds. The van der Waals surface area contributed by atoms with Crippen molar-refractivity contribution in [3.8, 4) is 0 Å². The number of Topliss-reactive ketones (excluding diaryl/α,β-unsaturated/α-hetero) is 1. The molecule has 2 saturated heterocycles. The van der Waals surface area contributed by atoms with Crippen molar-refractivity contribution in [2.45, 2.75) is 12.1 Å². The van der Waals surface area contributed by atoms with Crippen LogP contribution in [0.4, 0.5) is 5.69 Å². The van der Waals surface area contributed by atoms with Gasteiger partial charge in [0.15, 0.2) is 5.78 Å². The number of ketones is 1. The molecule has 3 aliphatic rings. The van der Waals surface area contributed by atoms with Crippen LogP contribution in [0.15, 0.2) is 90.0 Å². The van der Waals surface area contributed by atoms with Gasteiger partial charge in [0.1, 0.15) is 6.04 Å². The maximum atomic E-state index is 13.8. The molecule has 0 saturated carbocycles. The molecule has 32 heavy (non-hydrogen) atoms. The number of anilines is 1. The summed E-state index contributed by atoms with van der Waals surface area (Å²) in [6.45, 7) is 0. The smallest absolute Gasteiger partial charge is 0.240 e. The van der Waals surface area contributed by atoms with Crippen LogP contribution in [0.3, 0.4) is 0 Å². The maximum Gasteiger partial charge on any atom is 0.240 e. The molecule has 6 nitrogen and oxygen atoms in total. The second-order valence-corrected chi connectivity index (χ2v) is 8.26. The number of allylic oxidation sites excluding steroid dienone is 1. The van der Waals surface area contributed by atoms with E-state index in [2.05, 4.69) is 5.10 Å².